The molecule has 172 valence electrons. The Kier molecular flexibility index (Phi) is 7.45. The van der Waals surface area contributed by atoms with E-state index in [4.69, 9.17) is 4.74 Å². The highest BCUT2D eigenvalue weighted by molar-refractivity contribution is 5.98. The number of methoxy groups -OCH3 is 1. The highest BCUT2D eigenvalue weighted by atomic mass is 16.5. The van der Waals surface area contributed by atoms with Gasteiger partial charge in [0.1, 0.15) is 17.5 Å². The van der Waals surface area contributed by atoms with E-state index in [0.717, 1.165) is 22.5 Å². The maximum absolute atomic E-state index is 13.7. The van der Waals surface area contributed by atoms with Crippen LogP contribution in [0.3, 0.4) is 0 Å². The van der Waals surface area contributed by atoms with Gasteiger partial charge in [-0.05, 0) is 48.4 Å². The Bertz CT molecular complexity index is 1200. The molecule has 34 heavy (non-hydrogen) atoms. The second kappa shape index (κ2) is 11.0. The minimum absolute atomic E-state index is 0.164. The van der Waals surface area contributed by atoms with Crippen LogP contribution in [0, 0.1) is 0 Å². The zero-order valence-corrected chi connectivity index (χ0v) is 19.3. The molecule has 7 heteroatoms. The molecule has 0 spiro atoms. The molecule has 0 aliphatic carbocycles. The summed E-state index contributed by atoms with van der Waals surface area (Å²) < 4.78 is 5.44. The molecule has 4 aromatic rings. The summed E-state index contributed by atoms with van der Waals surface area (Å²) in [6.45, 7) is 2.64. The largest absolute Gasteiger partial charge is 0.480 e. The number of nitrogens with zero attached hydrogens (tertiary/aromatic N) is 4. The maximum Gasteiger partial charge on any atom is 0.247 e. The fourth-order valence-electron chi connectivity index (χ4n) is 3.87. The molecule has 0 radical (unpaired) electrons. The van der Waals surface area contributed by atoms with E-state index in [0.29, 0.717) is 24.5 Å². The van der Waals surface area contributed by atoms with Crippen LogP contribution >= 0.6 is 0 Å². The lowest BCUT2D eigenvalue weighted by Gasteiger charge is -2.31. The summed E-state index contributed by atoms with van der Waals surface area (Å²) in [7, 11) is 1.54. The molecular weight excluding hydrogens is 426 g/mol. The number of carbonyl (C=O) groups excluding carboxylic acids is 1. The van der Waals surface area contributed by atoms with Crippen molar-refractivity contribution in [1.82, 2.24) is 15.0 Å². The minimum atomic E-state index is -0.489. The zero-order chi connectivity index (χ0) is 23.8. The van der Waals surface area contributed by atoms with Gasteiger partial charge in [-0.2, -0.15) is 0 Å². The van der Waals surface area contributed by atoms with Gasteiger partial charge in [0.05, 0.1) is 7.11 Å². The number of rotatable bonds is 9. The van der Waals surface area contributed by atoms with Gasteiger partial charge in [0.15, 0.2) is 0 Å². The minimum Gasteiger partial charge on any atom is -0.480 e. The van der Waals surface area contributed by atoms with Gasteiger partial charge in [-0.25, -0.2) is 9.97 Å². The number of ether oxygens (including phenoxy) is 1. The number of pyridine rings is 3. The first-order valence-corrected chi connectivity index (χ1v) is 11.2. The van der Waals surface area contributed by atoms with Crippen LogP contribution < -0.4 is 15.0 Å². The summed E-state index contributed by atoms with van der Waals surface area (Å²) in [5, 5.41) is 3.07. The van der Waals surface area contributed by atoms with Crippen LogP contribution in [0.15, 0.2) is 91.5 Å². The van der Waals surface area contributed by atoms with Crippen molar-refractivity contribution in [2.75, 3.05) is 23.9 Å². The lowest BCUT2D eigenvalue weighted by atomic mass is 10.0. The number of nitrogens with one attached hydrogen (secondary N) is 1. The Labute approximate surface area is 199 Å². The lowest BCUT2D eigenvalue weighted by molar-refractivity contribution is -0.117. The van der Waals surface area contributed by atoms with Crippen molar-refractivity contribution in [2.24, 2.45) is 0 Å². The molecule has 0 unspecified atom stereocenters. The van der Waals surface area contributed by atoms with E-state index < -0.39 is 6.04 Å². The van der Waals surface area contributed by atoms with Crippen LogP contribution in [0.2, 0.25) is 0 Å². The van der Waals surface area contributed by atoms with E-state index in [-0.39, 0.29) is 5.91 Å². The Morgan fingerprint density at radius 2 is 1.74 bits per heavy atom. The quantitative estimate of drug-likeness (QED) is 0.398. The molecular formula is C27H27N5O2. The standard InChI is InChI=1S/C27H27N5O2/c1-3-32(25-11-7-8-14-29-25)24(17-20-9-5-4-6-10-20)26(33)31-23-18-22(19-30-27(23)34-2)21-12-15-28-16-13-21/h4-16,18-19,24H,3,17H2,1-2H3,(H,31,33)/t24-/m0/s1. The van der Waals surface area contributed by atoms with Crippen molar-refractivity contribution in [3.05, 3.63) is 97.1 Å². The number of aromatic nitrogens is 3. The molecule has 0 aliphatic rings. The highest BCUT2D eigenvalue weighted by Crippen LogP contribution is 2.29. The number of anilines is 2. The van der Waals surface area contributed by atoms with E-state index >= 15 is 0 Å². The Morgan fingerprint density at radius 1 is 0.971 bits per heavy atom. The van der Waals surface area contributed by atoms with E-state index in [1.807, 2.05) is 78.6 Å². The molecule has 1 amide bonds. The van der Waals surface area contributed by atoms with Crippen molar-refractivity contribution < 1.29 is 9.53 Å². The van der Waals surface area contributed by atoms with E-state index in [1.54, 1.807) is 24.8 Å². The van der Waals surface area contributed by atoms with Crippen LogP contribution in [0.5, 0.6) is 5.88 Å². The van der Waals surface area contributed by atoms with Gasteiger partial charge >= 0.3 is 0 Å². The Morgan fingerprint density at radius 3 is 2.41 bits per heavy atom. The predicted octanol–water partition coefficient (Wildman–Crippen LogP) is 4.62. The number of carbonyl (C=O) groups is 1. The van der Waals surface area contributed by atoms with Gasteiger partial charge in [-0.15, -0.1) is 0 Å². The second-order valence-electron chi connectivity index (χ2n) is 7.69. The molecule has 3 aromatic heterocycles. The first-order chi connectivity index (χ1) is 16.7. The van der Waals surface area contributed by atoms with Crippen LogP contribution in [-0.2, 0) is 11.2 Å². The van der Waals surface area contributed by atoms with Crippen LogP contribution in [0.4, 0.5) is 11.5 Å². The first-order valence-electron chi connectivity index (χ1n) is 11.2. The third-order valence-corrected chi connectivity index (χ3v) is 5.55. The van der Waals surface area contributed by atoms with Crippen LogP contribution in [-0.4, -0.2) is 40.6 Å². The van der Waals surface area contributed by atoms with Crippen LogP contribution in [0.25, 0.3) is 11.1 Å². The zero-order valence-electron chi connectivity index (χ0n) is 19.3. The summed E-state index contributed by atoms with van der Waals surface area (Å²) in [4.78, 5) is 28.7. The van der Waals surface area contributed by atoms with E-state index in [2.05, 4.69) is 20.3 Å². The normalized spacial score (nSPS) is 11.5. The van der Waals surface area contributed by atoms with E-state index in [9.17, 15) is 4.79 Å². The average molecular weight is 454 g/mol. The molecule has 0 bridgehead atoms. The van der Waals surface area contributed by atoms with Gasteiger partial charge in [0.2, 0.25) is 11.8 Å². The van der Waals surface area contributed by atoms with Gasteiger partial charge in [-0.3, -0.25) is 9.78 Å². The molecule has 1 atom stereocenters. The molecule has 1 aromatic carbocycles. The van der Waals surface area contributed by atoms with Crippen molar-refractivity contribution in [1.29, 1.82) is 0 Å². The summed E-state index contributed by atoms with van der Waals surface area (Å²) in [6.07, 6.45) is 7.42. The third-order valence-electron chi connectivity index (χ3n) is 5.55. The first kappa shape index (κ1) is 22.9. The summed E-state index contributed by atoms with van der Waals surface area (Å²) in [5.41, 5.74) is 3.38. The molecule has 7 nitrogen and oxygen atoms in total. The summed E-state index contributed by atoms with van der Waals surface area (Å²) in [5.74, 6) is 0.936. The topological polar surface area (TPSA) is 80.2 Å². The Hall–Kier alpha value is -4.26. The molecule has 1 N–H and O–H groups in total. The van der Waals surface area contributed by atoms with Gasteiger partial charge in [0.25, 0.3) is 0 Å². The van der Waals surface area contributed by atoms with Crippen LogP contribution in [0.1, 0.15) is 12.5 Å². The smallest absolute Gasteiger partial charge is 0.247 e. The highest BCUT2D eigenvalue weighted by Gasteiger charge is 2.27. The molecule has 0 saturated carbocycles. The molecule has 4 rings (SSSR count). The molecule has 0 fully saturated rings. The second-order valence-corrected chi connectivity index (χ2v) is 7.69. The number of hydrogen-bond acceptors (Lipinski definition) is 6. The average Bonchev–Trinajstić information content (AvgIpc) is 2.90. The van der Waals surface area contributed by atoms with Crippen molar-refractivity contribution in [2.45, 2.75) is 19.4 Å². The number of amides is 1. The van der Waals surface area contributed by atoms with Gasteiger partial charge < -0.3 is 15.0 Å². The van der Waals surface area contributed by atoms with Crippen molar-refractivity contribution >= 4 is 17.4 Å². The third kappa shape index (κ3) is 5.38. The summed E-state index contributed by atoms with van der Waals surface area (Å²) >= 11 is 0. The predicted molar refractivity (Wildman–Crippen MR) is 134 cm³/mol. The number of hydrogen-bond donors (Lipinski definition) is 1. The molecule has 0 saturated heterocycles. The Balaban J connectivity index is 1.67. The van der Waals surface area contributed by atoms with E-state index in [1.165, 1.54) is 7.11 Å². The summed E-state index contributed by atoms with van der Waals surface area (Å²) in [6, 6.07) is 20.9. The lowest BCUT2D eigenvalue weighted by Crippen LogP contribution is -2.46. The fourth-order valence-corrected chi connectivity index (χ4v) is 3.87. The number of benzene rings is 1. The fraction of sp³-hybridized carbons (Fsp3) is 0.185. The van der Waals surface area contributed by atoms with Gasteiger partial charge in [-0.1, -0.05) is 36.4 Å². The number of likely N-dealkylation sites (N-methyl/N-ethyl adjacent to an activating group) is 1. The molecule has 0 aliphatic heterocycles. The van der Waals surface area contributed by atoms with Gasteiger partial charge in [0, 0.05) is 43.3 Å². The molecule has 3 heterocycles. The van der Waals surface area contributed by atoms with Crippen molar-refractivity contribution in [3.8, 4) is 17.0 Å². The van der Waals surface area contributed by atoms with Crippen molar-refractivity contribution in [3.63, 3.8) is 0 Å². The SMILES string of the molecule is CCN(c1ccccn1)[C@@H](Cc1ccccc1)C(=O)Nc1cc(-c2ccncc2)cnc1OC. The monoisotopic (exact) mass is 453 g/mol. The maximum atomic E-state index is 13.7.